The molecule has 5 rings (SSSR count). The van der Waals surface area contributed by atoms with Crippen LogP contribution >= 0.6 is 11.3 Å². The van der Waals surface area contributed by atoms with Crippen LogP contribution in [-0.2, 0) is 6.61 Å². The predicted molar refractivity (Wildman–Crippen MR) is 124 cm³/mol. The first-order chi connectivity index (χ1) is 16.3. The SMILES string of the molecule is CN(C(=O)c1cc2c(s1)-c1cc(C(=O)N3CCCC(O)C3)ccc1OC2)c1ccc(F)cc1F. The molecule has 6 nitrogen and oxygen atoms in total. The van der Waals surface area contributed by atoms with E-state index in [-0.39, 0.29) is 18.2 Å². The van der Waals surface area contributed by atoms with Crippen molar-refractivity contribution >= 4 is 28.8 Å². The molecule has 0 bridgehead atoms. The highest BCUT2D eigenvalue weighted by Crippen LogP contribution is 2.43. The van der Waals surface area contributed by atoms with Gasteiger partial charge in [-0.25, -0.2) is 8.78 Å². The lowest BCUT2D eigenvalue weighted by atomic mass is 10.0. The summed E-state index contributed by atoms with van der Waals surface area (Å²) in [5, 5.41) is 9.92. The molecule has 0 radical (unpaired) electrons. The van der Waals surface area contributed by atoms with Gasteiger partial charge in [-0.15, -0.1) is 11.3 Å². The number of fused-ring (bicyclic) bond motifs is 3. The molecule has 1 atom stereocenters. The number of likely N-dealkylation sites (tertiary alicyclic amines) is 1. The highest BCUT2D eigenvalue weighted by molar-refractivity contribution is 7.17. The Hall–Kier alpha value is -3.30. The molecule has 0 spiro atoms. The van der Waals surface area contributed by atoms with E-state index in [1.807, 2.05) is 0 Å². The van der Waals surface area contributed by atoms with Crippen molar-refractivity contribution in [3.63, 3.8) is 0 Å². The number of thiophene rings is 1. The Morgan fingerprint density at radius 2 is 2.00 bits per heavy atom. The highest BCUT2D eigenvalue weighted by atomic mass is 32.1. The van der Waals surface area contributed by atoms with Crippen LogP contribution in [0.15, 0.2) is 42.5 Å². The van der Waals surface area contributed by atoms with E-state index >= 15 is 0 Å². The summed E-state index contributed by atoms with van der Waals surface area (Å²) < 4.78 is 33.3. The molecule has 2 aliphatic rings. The molecule has 3 aromatic rings. The van der Waals surface area contributed by atoms with Gasteiger partial charge in [0.05, 0.1) is 16.7 Å². The van der Waals surface area contributed by atoms with Crippen molar-refractivity contribution in [3.05, 3.63) is 70.1 Å². The van der Waals surface area contributed by atoms with Gasteiger partial charge >= 0.3 is 0 Å². The maximum Gasteiger partial charge on any atom is 0.268 e. The van der Waals surface area contributed by atoms with E-state index in [2.05, 4.69) is 0 Å². The molecule has 1 fully saturated rings. The van der Waals surface area contributed by atoms with Crippen LogP contribution < -0.4 is 9.64 Å². The number of halogens is 2. The van der Waals surface area contributed by atoms with Gasteiger partial charge in [-0.2, -0.15) is 0 Å². The first kappa shape index (κ1) is 22.5. The number of nitrogens with zero attached hydrogens (tertiary/aromatic N) is 2. The lowest BCUT2D eigenvalue weighted by Crippen LogP contribution is -2.42. The Morgan fingerprint density at radius 1 is 1.18 bits per heavy atom. The van der Waals surface area contributed by atoms with E-state index in [9.17, 15) is 23.5 Å². The van der Waals surface area contributed by atoms with Gasteiger partial charge in [0.15, 0.2) is 0 Å². The van der Waals surface area contributed by atoms with E-state index in [0.717, 1.165) is 33.9 Å². The van der Waals surface area contributed by atoms with Gasteiger partial charge in [-0.1, -0.05) is 0 Å². The second-order valence-corrected chi connectivity index (χ2v) is 9.52. The molecule has 176 valence electrons. The maximum atomic E-state index is 14.2. The number of hydrogen-bond acceptors (Lipinski definition) is 5. The Bertz CT molecular complexity index is 1290. The zero-order valence-corrected chi connectivity index (χ0v) is 19.2. The summed E-state index contributed by atoms with van der Waals surface area (Å²) in [6.07, 6.45) is 0.927. The summed E-state index contributed by atoms with van der Waals surface area (Å²) in [6.45, 7) is 1.17. The third-order valence-corrected chi connectivity index (χ3v) is 7.33. The third-order valence-electron chi connectivity index (χ3n) is 6.13. The number of hydrogen-bond donors (Lipinski definition) is 1. The second kappa shape index (κ2) is 8.81. The number of benzene rings is 2. The third kappa shape index (κ3) is 4.05. The van der Waals surface area contributed by atoms with Gasteiger partial charge in [0.25, 0.3) is 11.8 Å². The maximum absolute atomic E-state index is 14.2. The minimum Gasteiger partial charge on any atom is -0.488 e. The number of anilines is 1. The Labute approximate surface area is 199 Å². The molecular formula is C25H22F2N2O4S. The van der Waals surface area contributed by atoms with Crippen LogP contribution in [0.3, 0.4) is 0 Å². The molecular weight excluding hydrogens is 462 g/mol. The molecule has 34 heavy (non-hydrogen) atoms. The van der Waals surface area contributed by atoms with E-state index in [0.29, 0.717) is 41.3 Å². The van der Waals surface area contributed by atoms with Gasteiger partial charge in [-0.3, -0.25) is 9.59 Å². The fourth-order valence-electron chi connectivity index (χ4n) is 4.34. The molecule has 3 heterocycles. The normalized spacial score (nSPS) is 16.9. The molecule has 9 heteroatoms. The van der Waals surface area contributed by atoms with Gasteiger partial charge in [-0.05, 0) is 49.2 Å². The van der Waals surface area contributed by atoms with E-state index in [1.54, 1.807) is 29.2 Å². The number of amides is 2. The van der Waals surface area contributed by atoms with Crippen LogP contribution in [0.25, 0.3) is 10.4 Å². The number of rotatable bonds is 3. The van der Waals surface area contributed by atoms with E-state index in [1.165, 1.54) is 24.5 Å². The molecule has 1 unspecified atom stereocenters. The monoisotopic (exact) mass is 484 g/mol. The molecule has 1 saturated heterocycles. The fourth-order valence-corrected chi connectivity index (χ4v) is 5.50. The summed E-state index contributed by atoms with van der Waals surface area (Å²) in [5.41, 5.74) is 1.97. The summed E-state index contributed by atoms with van der Waals surface area (Å²) in [6, 6.07) is 9.98. The summed E-state index contributed by atoms with van der Waals surface area (Å²) in [7, 11) is 1.44. The van der Waals surface area contributed by atoms with Crippen LogP contribution in [0, 0.1) is 11.6 Å². The minimum absolute atomic E-state index is 0.0222. The van der Waals surface area contributed by atoms with Crippen molar-refractivity contribution in [1.82, 2.24) is 4.90 Å². The highest BCUT2D eigenvalue weighted by Gasteiger charge is 2.28. The number of carbonyl (C=O) groups excluding carboxylic acids is 2. The molecule has 2 aromatic carbocycles. The largest absolute Gasteiger partial charge is 0.488 e. The van der Waals surface area contributed by atoms with Crippen molar-refractivity contribution in [2.24, 2.45) is 0 Å². The van der Waals surface area contributed by atoms with Crippen molar-refractivity contribution in [2.45, 2.75) is 25.6 Å². The lowest BCUT2D eigenvalue weighted by molar-refractivity contribution is 0.0473. The van der Waals surface area contributed by atoms with Crippen LogP contribution in [0.5, 0.6) is 5.75 Å². The zero-order valence-electron chi connectivity index (χ0n) is 18.4. The average Bonchev–Trinajstić information content (AvgIpc) is 3.27. The smallest absolute Gasteiger partial charge is 0.268 e. The van der Waals surface area contributed by atoms with Crippen LogP contribution in [0.4, 0.5) is 14.5 Å². The zero-order chi connectivity index (χ0) is 24.0. The van der Waals surface area contributed by atoms with Crippen molar-refractivity contribution < 1.29 is 28.2 Å². The van der Waals surface area contributed by atoms with Gasteiger partial charge in [0.2, 0.25) is 0 Å². The molecule has 0 saturated carbocycles. The number of aliphatic hydroxyl groups excluding tert-OH is 1. The van der Waals surface area contributed by atoms with Crippen molar-refractivity contribution in [1.29, 1.82) is 0 Å². The van der Waals surface area contributed by atoms with Crippen LogP contribution in [0.2, 0.25) is 0 Å². The van der Waals surface area contributed by atoms with Gasteiger partial charge in [0.1, 0.15) is 24.0 Å². The number of ether oxygens (including phenoxy) is 1. The topological polar surface area (TPSA) is 70.1 Å². The lowest BCUT2D eigenvalue weighted by Gasteiger charge is -2.30. The second-order valence-electron chi connectivity index (χ2n) is 8.47. The minimum atomic E-state index is -0.822. The first-order valence-electron chi connectivity index (χ1n) is 10.9. The Morgan fingerprint density at radius 3 is 2.76 bits per heavy atom. The molecule has 2 aliphatic heterocycles. The molecule has 1 N–H and O–H groups in total. The van der Waals surface area contributed by atoms with Gasteiger partial charge in [0, 0.05) is 47.8 Å². The molecule has 0 aliphatic carbocycles. The Balaban J connectivity index is 1.44. The van der Waals surface area contributed by atoms with E-state index in [4.69, 9.17) is 4.74 Å². The van der Waals surface area contributed by atoms with E-state index < -0.39 is 23.6 Å². The standard InChI is InChI=1S/C25H22F2N2O4S/c1-28(20-6-5-16(26)11-19(20)27)25(32)22-10-15-13-33-21-7-4-14(9-18(21)23(15)34-22)24(31)29-8-2-3-17(30)12-29/h4-7,9-11,17,30H,2-3,8,12-13H2,1H3. The van der Waals surface area contributed by atoms with Gasteiger partial charge < -0.3 is 19.6 Å². The Kier molecular flexibility index (Phi) is 5.83. The van der Waals surface area contributed by atoms with Crippen molar-refractivity contribution in [3.8, 4) is 16.2 Å². The number of carbonyl (C=O) groups is 2. The van der Waals surface area contributed by atoms with Crippen LogP contribution in [-0.4, -0.2) is 48.1 Å². The number of aliphatic hydroxyl groups is 1. The molecule has 1 aromatic heterocycles. The number of β-amino-alcohol motifs (C(OH)–C–C–N with tert-alkyl or cyclic N) is 1. The summed E-state index contributed by atoms with van der Waals surface area (Å²) in [5.74, 6) is -1.51. The molecule has 2 amide bonds. The first-order valence-corrected chi connectivity index (χ1v) is 11.7. The predicted octanol–water partition coefficient (Wildman–Crippen LogP) is 4.46. The summed E-state index contributed by atoms with van der Waals surface area (Å²) >= 11 is 1.24. The number of piperidine rings is 1. The quantitative estimate of drug-likeness (QED) is 0.596. The van der Waals surface area contributed by atoms with Crippen molar-refractivity contribution in [2.75, 3.05) is 25.0 Å². The fraction of sp³-hybridized carbons (Fsp3) is 0.280. The average molecular weight is 485 g/mol. The summed E-state index contributed by atoms with van der Waals surface area (Å²) in [4.78, 5) is 30.1. The van der Waals surface area contributed by atoms with Crippen LogP contribution in [0.1, 0.15) is 38.4 Å².